The van der Waals surface area contributed by atoms with Crippen molar-refractivity contribution in [1.29, 1.82) is 0 Å². The first-order chi connectivity index (χ1) is 12.5. The van der Waals surface area contributed by atoms with Crippen molar-refractivity contribution in [3.05, 3.63) is 57.5 Å². The molecular formula is C16H13FN4O4S. The standard InChI is InChI=1S/C16H13FN4O4S/c17-11-7-6-10(21(23)24)9-12(11)18-14(22)4-1-5-15-19-16(20-25-15)13-3-2-8-26-13/h2-3,6-9H,1,4-5H2,(H,18,22). The second-order valence-electron chi connectivity index (χ2n) is 5.31. The van der Waals surface area contributed by atoms with Crippen LogP contribution in [0.2, 0.25) is 0 Å². The molecule has 0 bridgehead atoms. The molecule has 0 unspecified atom stereocenters. The fraction of sp³-hybridized carbons (Fsp3) is 0.188. The Morgan fingerprint density at radius 3 is 2.96 bits per heavy atom. The molecule has 3 rings (SSSR count). The molecule has 134 valence electrons. The summed E-state index contributed by atoms with van der Waals surface area (Å²) in [6.07, 6.45) is 0.885. The number of anilines is 1. The molecule has 3 aromatic rings. The first-order valence-corrected chi connectivity index (χ1v) is 8.51. The lowest BCUT2D eigenvalue weighted by molar-refractivity contribution is -0.384. The zero-order valence-electron chi connectivity index (χ0n) is 13.3. The summed E-state index contributed by atoms with van der Waals surface area (Å²) in [4.78, 5) is 27.1. The summed E-state index contributed by atoms with van der Waals surface area (Å²) >= 11 is 1.49. The predicted molar refractivity (Wildman–Crippen MR) is 92.2 cm³/mol. The van der Waals surface area contributed by atoms with Gasteiger partial charge in [0.15, 0.2) is 0 Å². The minimum Gasteiger partial charge on any atom is -0.339 e. The molecule has 0 spiro atoms. The molecule has 10 heteroatoms. The van der Waals surface area contributed by atoms with E-state index in [1.54, 1.807) is 0 Å². The summed E-state index contributed by atoms with van der Waals surface area (Å²) in [5.74, 6) is -0.287. The van der Waals surface area contributed by atoms with E-state index in [1.807, 2.05) is 17.5 Å². The summed E-state index contributed by atoms with van der Waals surface area (Å²) in [7, 11) is 0. The summed E-state index contributed by atoms with van der Waals surface area (Å²) < 4.78 is 18.8. The number of halogens is 1. The number of thiophene rings is 1. The van der Waals surface area contributed by atoms with Gasteiger partial charge in [-0.2, -0.15) is 4.98 Å². The number of amides is 1. The van der Waals surface area contributed by atoms with Gasteiger partial charge >= 0.3 is 0 Å². The summed E-state index contributed by atoms with van der Waals surface area (Å²) in [5, 5.41) is 18.8. The smallest absolute Gasteiger partial charge is 0.271 e. The van der Waals surface area contributed by atoms with Crippen molar-refractivity contribution in [2.24, 2.45) is 0 Å². The molecule has 8 nitrogen and oxygen atoms in total. The molecule has 1 aromatic carbocycles. The highest BCUT2D eigenvalue weighted by Crippen LogP contribution is 2.23. The van der Waals surface area contributed by atoms with E-state index in [0.717, 1.165) is 23.1 Å². The fourth-order valence-corrected chi connectivity index (χ4v) is 2.85. The highest BCUT2D eigenvalue weighted by Gasteiger charge is 2.14. The van der Waals surface area contributed by atoms with E-state index in [1.165, 1.54) is 11.3 Å². The number of nitro groups is 1. The molecule has 0 fully saturated rings. The van der Waals surface area contributed by atoms with Crippen LogP contribution in [0.1, 0.15) is 18.7 Å². The number of nitrogens with one attached hydrogen (secondary N) is 1. The average molecular weight is 376 g/mol. The van der Waals surface area contributed by atoms with E-state index in [-0.39, 0.29) is 17.8 Å². The van der Waals surface area contributed by atoms with Crippen molar-refractivity contribution in [3.63, 3.8) is 0 Å². The third kappa shape index (κ3) is 4.28. The number of benzene rings is 1. The number of aromatic nitrogens is 2. The highest BCUT2D eigenvalue weighted by atomic mass is 32.1. The van der Waals surface area contributed by atoms with Gasteiger partial charge in [-0.25, -0.2) is 4.39 Å². The second-order valence-corrected chi connectivity index (χ2v) is 6.26. The van der Waals surface area contributed by atoms with Crippen LogP contribution in [0.25, 0.3) is 10.7 Å². The molecule has 0 aliphatic carbocycles. The number of nitrogens with zero attached hydrogens (tertiary/aromatic N) is 3. The van der Waals surface area contributed by atoms with Crippen molar-refractivity contribution in [3.8, 4) is 10.7 Å². The van der Waals surface area contributed by atoms with Crippen molar-refractivity contribution >= 4 is 28.6 Å². The summed E-state index contributed by atoms with van der Waals surface area (Å²) in [6.45, 7) is 0. The van der Waals surface area contributed by atoms with E-state index in [4.69, 9.17) is 4.52 Å². The van der Waals surface area contributed by atoms with Crippen LogP contribution >= 0.6 is 11.3 Å². The molecule has 2 aromatic heterocycles. The van der Waals surface area contributed by atoms with E-state index in [2.05, 4.69) is 15.5 Å². The monoisotopic (exact) mass is 376 g/mol. The van der Waals surface area contributed by atoms with Crippen LogP contribution in [0.15, 0.2) is 40.2 Å². The average Bonchev–Trinajstić information content (AvgIpc) is 3.27. The maximum Gasteiger partial charge on any atom is 0.271 e. The minimum atomic E-state index is -0.735. The molecule has 0 aliphatic rings. The van der Waals surface area contributed by atoms with Gasteiger partial charge < -0.3 is 9.84 Å². The SMILES string of the molecule is O=C(CCCc1nc(-c2cccs2)no1)Nc1cc([N+](=O)[O-])ccc1F. The van der Waals surface area contributed by atoms with Gasteiger partial charge in [0, 0.05) is 25.0 Å². The largest absolute Gasteiger partial charge is 0.339 e. The van der Waals surface area contributed by atoms with Gasteiger partial charge in [-0.3, -0.25) is 14.9 Å². The van der Waals surface area contributed by atoms with Gasteiger partial charge in [0.1, 0.15) is 5.82 Å². The number of aryl methyl sites for hydroxylation is 1. The molecule has 1 amide bonds. The lowest BCUT2D eigenvalue weighted by Gasteiger charge is -2.05. The zero-order chi connectivity index (χ0) is 18.5. The van der Waals surface area contributed by atoms with Crippen LogP contribution in [0.3, 0.4) is 0 Å². The van der Waals surface area contributed by atoms with Gasteiger partial charge in [0.2, 0.25) is 17.6 Å². The van der Waals surface area contributed by atoms with Crippen LogP contribution in [0, 0.1) is 15.9 Å². The fourth-order valence-electron chi connectivity index (χ4n) is 2.20. The quantitative estimate of drug-likeness (QED) is 0.496. The van der Waals surface area contributed by atoms with Gasteiger partial charge in [-0.05, 0) is 23.9 Å². The molecule has 26 heavy (non-hydrogen) atoms. The van der Waals surface area contributed by atoms with E-state index in [9.17, 15) is 19.3 Å². The molecule has 0 aliphatic heterocycles. The van der Waals surface area contributed by atoms with E-state index >= 15 is 0 Å². The number of hydrogen-bond donors (Lipinski definition) is 1. The van der Waals surface area contributed by atoms with E-state index in [0.29, 0.717) is 24.6 Å². The molecule has 0 saturated carbocycles. The Kier molecular flexibility index (Phi) is 5.32. The van der Waals surface area contributed by atoms with E-state index < -0.39 is 16.6 Å². The third-order valence-electron chi connectivity index (χ3n) is 3.44. The van der Waals surface area contributed by atoms with Gasteiger partial charge in [-0.15, -0.1) is 11.3 Å². The van der Waals surface area contributed by atoms with Crippen molar-refractivity contribution in [2.45, 2.75) is 19.3 Å². The minimum absolute atomic E-state index is 0.0822. The first-order valence-electron chi connectivity index (χ1n) is 7.63. The topological polar surface area (TPSA) is 111 Å². The van der Waals surface area contributed by atoms with Gasteiger partial charge in [0.25, 0.3) is 5.69 Å². The normalized spacial score (nSPS) is 10.7. The second kappa shape index (κ2) is 7.83. The van der Waals surface area contributed by atoms with Crippen LogP contribution in [-0.4, -0.2) is 21.0 Å². The Morgan fingerprint density at radius 1 is 1.38 bits per heavy atom. The maximum absolute atomic E-state index is 13.6. The van der Waals surface area contributed by atoms with Crippen LogP contribution in [-0.2, 0) is 11.2 Å². The number of rotatable bonds is 7. The van der Waals surface area contributed by atoms with Crippen molar-refractivity contribution < 1.29 is 18.6 Å². The predicted octanol–water partition coefficient (Wildman–Crippen LogP) is 3.81. The molecule has 2 heterocycles. The van der Waals surface area contributed by atoms with Crippen LogP contribution in [0.5, 0.6) is 0 Å². The number of carbonyl (C=O) groups is 1. The third-order valence-corrected chi connectivity index (χ3v) is 4.30. The first kappa shape index (κ1) is 17.7. The van der Waals surface area contributed by atoms with Gasteiger partial charge in [-0.1, -0.05) is 11.2 Å². The number of carbonyl (C=O) groups excluding carboxylic acids is 1. The number of non-ortho nitro benzene ring substituents is 1. The Hall–Kier alpha value is -3.14. The molecule has 0 saturated heterocycles. The molecule has 0 atom stereocenters. The van der Waals surface area contributed by atoms with Crippen molar-refractivity contribution in [2.75, 3.05) is 5.32 Å². The van der Waals surface area contributed by atoms with Crippen molar-refractivity contribution in [1.82, 2.24) is 10.1 Å². The maximum atomic E-state index is 13.6. The summed E-state index contributed by atoms with van der Waals surface area (Å²) in [6, 6.07) is 6.72. The zero-order valence-corrected chi connectivity index (χ0v) is 14.2. The Morgan fingerprint density at radius 2 is 2.23 bits per heavy atom. The lowest BCUT2D eigenvalue weighted by atomic mass is 10.2. The highest BCUT2D eigenvalue weighted by molar-refractivity contribution is 7.13. The summed E-state index contributed by atoms with van der Waals surface area (Å²) in [5.41, 5.74) is -0.518. The van der Waals surface area contributed by atoms with Crippen LogP contribution in [0.4, 0.5) is 15.8 Å². The Labute approximate surface area is 150 Å². The lowest BCUT2D eigenvalue weighted by Crippen LogP contribution is -2.13. The molecule has 0 radical (unpaired) electrons. The van der Waals surface area contributed by atoms with Crippen LogP contribution < -0.4 is 5.32 Å². The Balaban J connectivity index is 1.52. The molecular weight excluding hydrogens is 363 g/mol. The molecule has 1 N–H and O–H groups in total. The Bertz CT molecular complexity index is 926. The number of hydrogen-bond acceptors (Lipinski definition) is 7. The number of nitro benzene ring substituents is 1. The van der Waals surface area contributed by atoms with Gasteiger partial charge in [0.05, 0.1) is 15.5 Å².